The van der Waals surface area contributed by atoms with Crippen LogP contribution in [0.5, 0.6) is 0 Å². The Hall–Kier alpha value is -2.48. The van der Waals surface area contributed by atoms with E-state index in [0.29, 0.717) is 7.25 Å². The van der Waals surface area contributed by atoms with Crippen molar-refractivity contribution in [1.82, 2.24) is 0 Å². The second-order valence-electron chi connectivity index (χ2n) is 12.2. The molecule has 0 spiro atoms. The molecule has 0 bridgehead atoms. The fourth-order valence-electron chi connectivity index (χ4n) is 7.92. The maximum Gasteiger partial charge on any atom is -0.147 e. The molecule has 0 heterocycles. The number of fused-ring (bicyclic) bond motifs is 3. The van der Waals surface area contributed by atoms with E-state index in [2.05, 4.69) is 140 Å². The molecule has 0 aliphatic heterocycles. The van der Waals surface area contributed by atoms with Crippen LogP contribution in [0, 0.1) is 0 Å². The zero-order valence-electron chi connectivity index (χ0n) is 26.7. The molecule has 2 aliphatic carbocycles. The first-order chi connectivity index (χ1) is 20.5. The zero-order chi connectivity index (χ0) is 29.4. The van der Waals surface area contributed by atoms with Crippen LogP contribution in [-0.4, -0.2) is 7.37 Å². The second kappa shape index (κ2) is 14.3. The predicted octanol–water partition coefficient (Wildman–Crippen LogP) is 11.5. The first-order valence-electron chi connectivity index (χ1n) is 15.7. The SMILES string of the molecule is CC.CCC1=Cc2c(-c3cccc4ccccc34)cccc2[CH]1[Zr]([CH3])([SiH3])[CH]1C(C)=Cc2c(-c3ccccc3)cccc21.Cl.Cl. The van der Waals surface area contributed by atoms with Crippen LogP contribution in [0.3, 0.4) is 0 Å². The molecule has 0 saturated carbocycles. The van der Waals surface area contributed by atoms with Crippen LogP contribution in [0.1, 0.15) is 63.6 Å². The van der Waals surface area contributed by atoms with Gasteiger partial charge in [0, 0.05) is 0 Å². The molecule has 0 N–H and O–H groups in total. The van der Waals surface area contributed by atoms with Gasteiger partial charge in [0.25, 0.3) is 0 Å². The average Bonchev–Trinajstić information content (AvgIpc) is 3.60. The Labute approximate surface area is 283 Å². The van der Waals surface area contributed by atoms with E-state index in [9.17, 15) is 0 Å². The Morgan fingerprint density at radius 1 is 0.614 bits per heavy atom. The van der Waals surface area contributed by atoms with E-state index in [1.165, 1.54) is 51.5 Å². The third-order valence-corrected chi connectivity index (χ3v) is 27.2. The molecule has 226 valence electrons. The quantitative estimate of drug-likeness (QED) is 0.159. The van der Waals surface area contributed by atoms with E-state index in [1.807, 2.05) is 13.8 Å². The largest absolute Gasteiger partial charge is 0.147 e. The normalized spacial score (nSPS) is 17.6. The van der Waals surface area contributed by atoms with E-state index in [0.717, 1.165) is 6.42 Å². The summed E-state index contributed by atoms with van der Waals surface area (Å²) in [7, 11) is 1.30. The summed E-state index contributed by atoms with van der Waals surface area (Å²) >= 11 is -2.77. The fourth-order valence-corrected chi connectivity index (χ4v) is 28.6. The van der Waals surface area contributed by atoms with Gasteiger partial charge in [0.1, 0.15) is 0 Å². The van der Waals surface area contributed by atoms with Crippen molar-refractivity contribution in [3.63, 3.8) is 0 Å². The smallest absolute Gasteiger partial charge is 0.147 e. The van der Waals surface area contributed by atoms with E-state index >= 15 is 0 Å². The Bertz CT molecular complexity index is 1830. The van der Waals surface area contributed by atoms with Gasteiger partial charge in [-0.2, -0.15) is 0 Å². The molecule has 0 radical (unpaired) electrons. The van der Waals surface area contributed by atoms with Crippen molar-refractivity contribution in [1.29, 1.82) is 0 Å². The van der Waals surface area contributed by atoms with Crippen LogP contribution in [0.4, 0.5) is 0 Å². The Morgan fingerprint density at radius 3 is 1.86 bits per heavy atom. The molecular weight excluding hydrogens is 671 g/mol. The summed E-state index contributed by atoms with van der Waals surface area (Å²) in [6.07, 6.45) is 6.27. The number of benzene rings is 5. The summed E-state index contributed by atoms with van der Waals surface area (Å²) < 4.78 is 4.04. The number of halogens is 2. The molecule has 5 aromatic rings. The van der Waals surface area contributed by atoms with Gasteiger partial charge in [-0.25, -0.2) is 0 Å². The number of hydrogen-bond acceptors (Lipinski definition) is 0. The van der Waals surface area contributed by atoms with Gasteiger partial charge in [-0.1, -0.05) is 13.8 Å². The summed E-state index contributed by atoms with van der Waals surface area (Å²) in [6, 6.07) is 40.8. The van der Waals surface area contributed by atoms with E-state index in [4.69, 9.17) is 0 Å². The summed E-state index contributed by atoms with van der Waals surface area (Å²) in [5.74, 6) is 0. The summed E-state index contributed by atoms with van der Waals surface area (Å²) in [6.45, 7) is 8.80. The first-order valence-corrected chi connectivity index (χ1v) is 29.3. The molecular formula is C40H44Cl2SiZr. The predicted molar refractivity (Wildman–Crippen MR) is 200 cm³/mol. The second-order valence-corrected chi connectivity index (χ2v) is 36.7. The maximum absolute atomic E-state index is 2.78. The van der Waals surface area contributed by atoms with Crippen molar-refractivity contribution >= 4 is 55.1 Å². The van der Waals surface area contributed by atoms with Crippen LogP contribution in [0.2, 0.25) is 4.63 Å². The van der Waals surface area contributed by atoms with Gasteiger partial charge in [0.15, 0.2) is 0 Å². The van der Waals surface area contributed by atoms with Gasteiger partial charge >= 0.3 is 247 Å². The fraction of sp³-hybridized carbons (Fsp3) is 0.200. The van der Waals surface area contributed by atoms with E-state index < -0.39 is 19.4 Å². The van der Waals surface area contributed by atoms with Crippen LogP contribution >= 0.6 is 24.8 Å². The Balaban J connectivity index is 0.00000108. The van der Waals surface area contributed by atoms with Gasteiger partial charge in [-0.15, -0.1) is 24.8 Å². The van der Waals surface area contributed by atoms with Gasteiger partial charge in [-0.3, -0.25) is 0 Å². The van der Waals surface area contributed by atoms with E-state index in [1.54, 1.807) is 22.3 Å². The van der Waals surface area contributed by atoms with Crippen LogP contribution < -0.4 is 0 Å². The Kier molecular flexibility index (Phi) is 11.2. The minimum atomic E-state index is -2.77. The third kappa shape index (κ3) is 5.80. The van der Waals surface area contributed by atoms with Gasteiger partial charge in [0.05, 0.1) is 0 Å². The molecule has 0 aromatic heterocycles. The third-order valence-electron chi connectivity index (χ3n) is 9.49. The molecule has 3 atom stereocenters. The van der Waals surface area contributed by atoms with Crippen molar-refractivity contribution in [2.45, 2.75) is 46.0 Å². The molecule has 4 heteroatoms. The number of hydrogen-bond donors (Lipinski definition) is 0. The van der Waals surface area contributed by atoms with Gasteiger partial charge < -0.3 is 0 Å². The summed E-state index contributed by atoms with van der Waals surface area (Å²) in [5.41, 5.74) is 14.9. The maximum atomic E-state index is 2.78. The van der Waals surface area contributed by atoms with E-state index in [-0.39, 0.29) is 24.8 Å². The van der Waals surface area contributed by atoms with Crippen molar-refractivity contribution < 1.29 is 19.4 Å². The summed E-state index contributed by atoms with van der Waals surface area (Å²) in [5, 5.41) is 2.67. The number of rotatable bonds is 5. The minimum absolute atomic E-state index is 0. The topological polar surface area (TPSA) is 0 Å². The van der Waals surface area contributed by atoms with Crippen LogP contribution in [0.15, 0.2) is 120 Å². The summed E-state index contributed by atoms with van der Waals surface area (Å²) in [4.78, 5) is 0. The van der Waals surface area contributed by atoms with Crippen molar-refractivity contribution in [2.24, 2.45) is 0 Å². The molecule has 0 nitrogen and oxygen atoms in total. The van der Waals surface area contributed by atoms with Gasteiger partial charge in [0.2, 0.25) is 0 Å². The Morgan fingerprint density at radius 2 is 1.16 bits per heavy atom. The molecule has 3 unspecified atom stereocenters. The molecule has 5 aromatic carbocycles. The van der Waals surface area contributed by atoms with Crippen LogP contribution in [-0.2, 0) is 19.4 Å². The minimum Gasteiger partial charge on any atom is -0.147 e. The zero-order valence-corrected chi connectivity index (χ0v) is 32.8. The van der Waals surface area contributed by atoms with Gasteiger partial charge in [-0.05, 0) is 0 Å². The molecule has 7 rings (SSSR count). The average molecular weight is 715 g/mol. The van der Waals surface area contributed by atoms with Crippen molar-refractivity contribution in [3.8, 4) is 22.3 Å². The first kappa shape index (κ1) is 34.4. The number of allylic oxidation sites excluding steroid dienone is 2. The van der Waals surface area contributed by atoms with Crippen molar-refractivity contribution in [2.75, 3.05) is 0 Å². The van der Waals surface area contributed by atoms with Crippen LogP contribution in [0.25, 0.3) is 45.2 Å². The molecule has 0 fully saturated rings. The van der Waals surface area contributed by atoms with Crippen molar-refractivity contribution in [3.05, 3.63) is 143 Å². The molecule has 0 saturated heterocycles. The molecule has 44 heavy (non-hydrogen) atoms. The molecule has 2 aliphatic rings. The molecule has 0 amide bonds. The standard InChI is InChI=1S/C21H17.C16H13.C2H6.CH3.2ClH.H3Si.Zr/c1-2-15-13-17-9-6-12-20(21(17)14-15)19-11-5-8-16-7-3-4-10-18(16)19;1-12-10-14-8-5-9-15(16(14)11-12)13-6-3-2-4-7-13;1-2;;;;;/h3-14H,2H2,1H3;2-11H,1H3;1-2H3;1H3;2*1H;1H3;. The monoisotopic (exact) mass is 712 g/mol.